The Labute approximate surface area is 219 Å². The van der Waals surface area contributed by atoms with E-state index < -0.39 is 15.9 Å². The van der Waals surface area contributed by atoms with Crippen LogP contribution in [0.4, 0.5) is 10.7 Å². The smallest absolute Gasteiger partial charge is 0.341 e. The molecule has 8 nitrogen and oxygen atoms in total. The average Bonchev–Trinajstić information content (AvgIpc) is 3.22. The number of rotatable bonds is 7. The number of sulfonamides is 1. The number of fused-ring (bicyclic) bond motifs is 1. The molecule has 0 spiro atoms. The van der Waals surface area contributed by atoms with Gasteiger partial charge in [0.2, 0.25) is 0 Å². The first-order chi connectivity index (χ1) is 17.3. The van der Waals surface area contributed by atoms with Gasteiger partial charge in [0.05, 0.1) is 17.1 Å². The molecule has 0 radical (unpaired) electrons. The maximum absolute atomic E-state index is 12.6. The summed E-state index contributed by atoms with van der Waals surface area (Å²) < 4.78 is 32.6. The number of anilines is 2. The Morgan fingerprint density at radius 3 is 2.39 bits per heavy atom. The molecule has 36 heavy (non-hydrogen) atoms. The van der Waals surface area contributed by atoms with E-state index in [1.807, 2.05) is 0 Å². The zero-order chi connectivity index (χ0) is 25.7. The second kappa shape index (κ2) is 11.2. The SMILES string of the molecule is CCOC(=O)c1c(NC(=S)Nc2ccc(S(=O)(=O)NC(=O)c3ccccc3)cc2)sc2c1CCCC2. The van der Waals surface area contributed by atoms with Gasteiger partial charge in [0.25, 0.3) is 15.9 Å². The lowest BCUT2D eigenvalue weighted by Crippen LogP contribution is -2.30. The molecule has 188 valence electrons. The molecule has 11 heteroatoms. The molecule has 0 fully saturated rings. The summed E-state index contributed by atoms with van der Waals surface area (Å²) >= 11 is 6.95. The minimum absolute atomic E-state index is 0.0632. The second-order valence-corrected chi connectivity index (χ2v) is 11.2. The van der Waals surface area contributed by atoms with Crippen molar-refractivity contribution >= 4 is 61.3 Å². The molecule has 2 aromatic carbocycles. The highest BCUT2D eigenvalue weighted by Gasteiger charge is 2.27. The third-order valence-electron chi connectivity index (χ3n) is 5.56. The Hall–Kier alpha value is -3.28. The van der Waals surface area contributed by atoms with Crippen molar-refractivity contribution in [3.8, 4) is 0 Å². The number of esters is 1. The first kappa shape index (κ1) is 25.8. The predicted molar refractivity (Wildman–Crippen MR) is 144 cm³/mol. The lowest BCUT2D eigenvalue weighted by atomic mass is 9.95. The average molecular weight is 544 g/mol. The van der Waals surface area contributed by atoms with Gasteiger partial charge in [-0.1, -0.05) is 18.2 Å². The van der Waals surface area contributed by atoms with Crippen LogP contribution in [-0.2, 0) is 27.6 Å². The standard InChI is InChI=1S/C25H25N3O5S3/c1-2-33-24(30)21-19-10-6-7-11-20(19)35-23(21)27-25(34)26-17-12-14-18(15-13-17)36(31,32)28-22(29)16-8-4-3-5-9-16/h3-5,8-9,12-15H,2,6-7,10-11H2,1H3,(H,28,29)(H2,26,27,34). The number of benzene rings is 2. The number of ether oxygens (including phenoxy) is 1. The summed E-state index contributed by atoms with van der Waals surface area (Å²) in [6.07, 6.45) is 3.86. The third-order valence-corrected chi connectivity index (χ3v) is 8.32. The lowest BCUT2D eigenvalue weighted by Gasteiger charge is -2.13. The van der Waals surface area contributed by atoms with Crippen LogP contribution < -0.4 is 15.4 Å². The molecule has 0 saturated heterocycles. The Morgan fingerprint density at radius 1 is 1.00 bits per heavy atom. The molecule has 4 rings (SSSR count). The molecular weight excluding hydrogens is 518 g/mol. The van der Waals surface area contributed by atoms with Crippen LogP contribution in [-0.4, -0.2) is 32.0 Å². The molecule has 0 unspecified atom stereocenters. The van der Waals surface area contributed by atoms with E-state index >= 15 is 0 Å². The first-order valence-corrected chi connectivity index (χ1v) is 14.1. The molecule has 3 N–H and O–H groups in total. The lowest BCUT2D eigenvalue weighted by molar-refractivity contribution is 0.0526. The number of thiocarbonyl (C=S) groups is 1. The third kappa shape index (κ3) is 5.92. The van der Waals surface area contributed by atoms with Crippen LogP contribution in [0.5, 0.6) is 0 Å². The van der Waals surface area contributed by atoms with Crippen LogP contribution >= 0.6 is 23.6 Å². The van der Waals surface area contributed by atoms with Gasteiger partial charge >= 0.3 is 5.97 Å². The summed E-state index contributed by atoms with van der Waals surface area (Å²) in [6, 6.07) is 13.9. The van der Waals surface area contributed by atoms with Crippen LogP contribution in [0.2, 0.25) is 0 Å². The fourth-order valence-corrected chi connectivity index (χ4v) is 6.43. The molecule has 0 bridgehead atoms. The highest BCUT2D eigenvalue weighted by atomic mass is 32.2. The van der Waals surface area contributed by atoms with Gasteiger partial charge in [-0.2, -0.15) is 0 Å². The van der Waals surface area contributed by atoms with Gasteiger partial charge in [-0.3, -0.25) is 4.79 Å². The van der Waals surface area contributed by atoms with E-state index in [2.05, 4.69) is 15.4 Å². The Bertz CT molecular complexity index is 1380. The van der Waals surface area contributed by atoms with E-state index in [1.165, 1.54) is 40.5 Å². The summed E-state index contributed by atoms with van der Waals surface area (Å²) in [6.45, 7) is 2.06. The molecule has 1 aliphatic rings. The molecule has 1 aromatic heterocycles. The van der Waals surface area contributed by atoms with Crippen LogP contribution in [0.25, 0.3) is 0 Å². The monoisotopic (exact) mass is 543 g/mol. The highest BCUT2D eigenvalue weighted by molar-refractivity contribution is 7.90. The molecular formula is C25H25N3O5S3. The summed E-state index contributed by atoms with van der Waals surface area (Å²) in [7, 11) is -4.05. The van der Waals surface area contributed by atoms with E-state index in [9.17, 15) is 18.0 Å². The van der Waals surface area contributed by atoms with Gasteiger partial charge < -0.3 is 15.4 Å². The Balaban J connectivity index is 1.44. The van der Waals surface area contributed by atoms with Crippen molar-refractivity contribution in [1.82, 2.24) is 4.72 Å². The van der Waals surface area contributed by atoms with Crippen molar-refractivity contribution in [3.05, 3.63) is 76.2 Å². The zero-order valence-electron chi connectivity index (χ0n) is 19.5. The summed E-state index contributed by atoms with van der Waals surface area (Å²) in [5, 5.41) is 7.01. The minimum Gasteiger partial charge on any atom is -0.462 e. The van der Waals surface area contributed by atoms with Gasteiger partial charge in [-0.05, 0) is 86.8 Å². The van der Waals surface area contributed by atoms with Gasteiger partial charge in [0, 0.05) is 16.1 Å². The molecule has 3 aromatic rings. The van der Waals surface area contributed by atoms with Gasteiger partial charge in [0.1, 0.15) is 5.00 Å². The number of hydrogen-bond acceptors (Lipinski definition) is 7. The van der Waals surface area contributed by atoms with Crippen LogP contribution in [0, 0.1) is 0 Å². The van der Waals surface area contributed by atoms with Crippen molar-refractivity contribution in [2.24, 2.45) is 0 Å². The summed E-state index contributed by atoms with van der Waals surface area (Å²) in [4.78, 5) is 26.0. The molecule has 0 atom stereocenters. The van der Waals surface area contributed by atoms with Gasteiger partial charge in [0.15, 0.2) is 5.11 Å². The Morgan fingerprint density at radius 2 is 1.69 bits per heavy atom. The van der Waals surface area contributed by atoms with Crippen molar-refractivity contribution in [2.45, 2.75) is 37.5 Å². The van der Waals surface area contributed by atoms with E-state index in [4.69, 9.17) is 17.0 Å². The molecule has 0 aliphatic heterocycles. The predicted octanol–water partition coefficient (Wildman–Crippen LogP) is 4.73. The molecule has 1 aliphatic carbocycles. The number of amides is 1. The van der Waals surface area contributed by atoms with Gasteiger partial charge in [-0.25, -0.2) is 17.9 Å². The number of hydrogen-bond donors (Lipinski definition) is 3. The van der Waals surface area contributed by atoms with E-state index in [0.717, 1.165) is 31.2 Å². The first-order valence-electron chi connectivity index (χ1n) is 11.4. The summed E-state index contributed by atoms with van der Waals surface area (Å²) in [5.74, 6) is -1.08. The number of nitrogens with one attached hydrogen (secondary N) is 3. The van der Waals surface area contributed by atoms with E-state index in [0.29, 0.717) is 16.3 Å². The quantitative estimate of drug-likeness (QED) is 0.290. The van der Waals surface area contributed by atoms with Crippen molar-refractivity contribution in [2.75, 3.05) is 17.2 Å². The summed E-state index contributed by atoms with van der Waals surface area (Å²) in [5.41, 5.74) is 2.35. The van der Waals surface area contributed by atoms with Crippen molar-refractivity contribution in [1.29, 1.82) is 0 Å². The molecule has 0 saturated carbocycles. The van der Waals surface area contributed by atoms with Crippen molar-refractivity contribution < 1.29 is 22.7 Å². The highest BCUT2D eigenvalue weighted by Crippen LogP contribution is 2.38. The van der Waals surface area contributed by atoms with E-state index in [-0.39, 0.29) is 28.1 Å². The van der Waals surface area contributed by atoms with Crippen LogP contribution in [0.1, 0.15) is 50.9 Å². The maximum Gasteiger partial charge on any atom is 0.341 e. The largest absolute Gasteiger partial charge is 0.462 e. The topological polar surface area (TPSA) is 114 Å². The number of carbonyl (C=O) groups is 2. The van der Waals surface area contributed by atoms with Crippen LogP contribution in [0.15, 0.2) is 59.5 Å². The van der Waals surface area contributed by atoms with E-state index in [1.54, 1.807) is 37.3 Å². The zero-order valence-corrected chi connectivity index (χ0v) is 21.9. The number of thiophene rings is 1. The second-order valence-electron chi connectivity index (χ2n) is 8.04. The van der Waals surface area contributed by atoms with Crippen LogP contribution in [0.3, 0.4) is 0 Å². The minimum atomic E-state index is -4.05. The van der Waals surface area contributed by atoms with Gasteiger partial charge in [-0.15, -0.1) is 11.3 Å². The maximum atomic E-state index is 12.6. The fourth-order valence-electron chi connectivity index (χ4n) is 3.89. The molecule has 1 heterocycles. The Kier molecular flexibility index (Phi) is 8.02. The number of aryl methyl sites for hydroxylation is 1. The normalized spacial score (nSPS) is 12.8. The fraction of sp³-hybridized carbons (Fsp3) is 0.240. The van der Waals surface area contributed by atoms with Crippen molar-refractivity contribution in [3.63, 3.8) is 0 Å². The molecule has 1 amide bonds. The number of carbonyl (C=O) groups excluding carboxylic acids is 2.